The number of hydrogen-bond donors (Lipinski definition) is 1. The van der Waals surface area contributed by atoms with Crippen LogP contribution in [0.2, 0.25) is 0 Å². The molecule has 2 aromatic heterocycles. The first-order chi connectivity index (χ1) is 8.58. The molecule has 0 aliphatic rings. The van der Waals surface area contributed by atoms with Crippen molar-refractivity contribution >= 4 is 11.6 Å². The van der Waals surface area contributed by atoms with Gasteiger partial charge >= 0.3 is 5.97 Å². The number of nitrogens with one attached hydrogen (secondary N) is 1. The Bertz CT molecular complexity index is 654. The lowest BCUT2D eigenvalue weighted by Gasteiger charge is -2.00. The van der Waals surface area contributed by atoms with Crippen LogP contribution in [-0.2, 0) is 11.2 Å². The molecule has 6 nitrogen and oxygen atoms in total. The number of fused-ring (bicyclic) bond motifs is 1. The quantitative estimate of drug-likeness (QED) is 0.825. The van der Waals surface area contributed by atoms with Gasteiger partial charge in [0.1, 0.15) is 5.65 Å². The average Bonchev–Trinajstić information content (AvgIpc) is 2.68. The zero-order chi connectivity index (χ0) is 13.3. The van der Waals surface area contributed by atoms with E-state index in [1.807, 2.05) is 6.92 Å². The molecule has 0 radical (unpaired) electrons. The second-order valence-electron chi connectivity index (χ2n) is 3.95. The maximum absolute atomic E-state index is 11.8. The molecule has 0 aromatic carbocycles. The molecule has 0 unspecified atom stereocenters. The van der Waals surface area contributed by atoms with E-state index in [1.54, 1.807) is 13.8 Å². The van der Waals surface area contributed by atoms with Crippen molar-refractivity contribution in [3.8, 4) is 0 Å². The Morgan fingerprint density at radius 1 is 1.50 bits per heavy atom. The van der Waals surface area contributed by atoms with E-state index in [-0.39, 0.29) is 17.9 Å². The lowest BCUT2D eigenvalue weighted by molar-refractivity contribution is 0.0518. The Morgan fingerprint density at radius 3 is 2.83 bits per heavy atom. The summed E-state index contributed by atoms with van der Waals surface area (Å²) in [5.74, 6) is -0.497. The molecule has 0 atom stereocenters. The van der Waals surface area contributed by atoms with Crippen LogP contribution in [0.4, 0.5) is 0 Å². The molecule has 2 rings (SSSR count). The zero-order valence-corrected chi connectivity index (χ0v) is 10.6. The van der Waals surface area contributed by atoms with E-state index >= 15 is 0 Å². The zero-order valence-electron chi connectivity index (χ0n) is 10.6. The molecule has 0 fully saturated rings. The first kappa shape index (κ1) is 12.3. The number of H-pyrrole nitrogens is 1. The number of rotatable bonds is 3. The third-order valence-corrected chi connectivity index (χ3v) is 2.67. The van der Waals surface area contributed by atoms with Gasteiger partial charge in [0.15, 0.2) is 5.69 Å². The van der Waals surface area contributed by atoms with Gasteiger partial charge in [0, 0.05) is 17.3 Å². The lowest BCUT2D eigenvalue weighted by Crippen LogP contribution is -2.15. The summed E-state index contributed by atoms with van der Waals surface area (Å²) in [6.07, 6.45) is 0.594. The van der Waals surface area contributed by atoms with Crippen molar-refractivity contribution in [3.63, 3.8) is 0 Å². The van der Waals surface area contributed by atoms with Gasteiger partial charge < -0.3 is 9.72 Å². The first-order valence-corrected chi connectivity index (χ1v) is 5.87. The molecule has 0 bridgehead atoms. The standard InChI is InChI=1S/C12H15N3O3/c1-4-8-10(12(17)18-5-2)14-15-9(16)6-7(3)13-11(8)15/h6,13H,4-5H2,1-3H3. The summed E-state index contributed by atoms with van der Waals surface area (Å²) in [5.41, 5.74) is 1.95. The minimum absolute atomic E-state index is 0.207. The van der Waals surface area contributed by atoms with E-state index in [4.69, 9.17) is 4.74 Å². The van der Waals surface area contributed by atoms with Crippen LogP contribution >= 0.6 is 0 Å². The molecular formula is C12H15N3O3. The van der Waals surface area contributed by atoms with Crippen molar-refractivity contribution in [1.29, 1.82) is 0 Å². The number of hydrogen-bond acceptors (Lipinski definition) is 4. The normalized spacial score (nSPS) is 10.8. The van der Waals surface area contributed by atoms with Gasteiger partial charge in [-0.1, -0.05) is 6.92 Å². The summed E-state index contributed by atoms with van der Waals surface area (Å²) in [6.45, 7) is 5.70. The van der Waals surface area contributed by atoms with Crippen LogP contribution in [-0.4, -0.2) is 27.2 Å². The Kier molecular flexibility index (Phi) is 3.18. The maximum atomic E-state index is 11.8. The van der Waals surface area contributed by atoms with Crippen LogP contribution in [0.15, 0.2) is 10.9 Å². The van der Waals surface area contributed by atoms with Crippen molar-refractivity contribution in [2.45, 2.75) is 27.2 Å². The fraction of sp³-hybridized carbons (Fsp3) is 0.417. The highest BCUT2D eigenvalue weighted by molar-refractivity contribution is 5.91. The SMILES string of the molecule is CCOC(=O)c1nn2c(=O)cc(C)[nH]c2c1CC. The molecule has 18 heavy (non-hydrogen) atoms. The Morgan fingerprint density at radius 2 is 2.22 bits per heavy atom. The minimum atomic E-state index is -0.497. The third-order valence-electron chi connectivity index (χ3n) is 2.67. The van der Waals surface area contributed by atoms with Crippen molar-refractivity contribution in [2.75, 3.05) is 6.61 Å². The van der Waals surface area contributed by atoms with E-state index < -0.39 is 5.97 Å². The predicted molar refractivity (Wildman–Crippen MR) is 65.9 cm³/mol. The molecule has 0 aliphatic heterocycles. The number of esters is 1. The summed E-state index contributed by atoms with van der Waals surface area (Å²) >= 11 is 0. The second kappa shape index (κ2) is 4.64. The molecule has 96 valence electrons. The number of aromatic nitrogens is 3. The number of carbonyl (C=O) groups is 1. The molecule has 0 saturated heterocycles. The lowest BCUT2D eigenvalue weighted by atomic mass is 10.2. The smallest absolute Gasteiger partial charge is 0.359 e. The van der Waals surface area contributed by atoms with Gasteiger partial charge in [0.2, 0.25) is 0 Å². The monoisotopic (exact) mass is 249 g/mol. The molecule has 6 heteroatoms. The van der Waals surface area contributed by atoms with E-state index in [1.165, 1.54) is 10.6 Å². The molecule has 2 aromatic rings. The average molecular weight is 249 g/mol. The second-order valence-corrected chi connectivity index (χ2v) is 3.95. The number of aromatic amines is 1. The molecule has 1 N–H and O–H groups in total. The predicted octanol–water partition coefficient (Wildman–Crippen LogP) is 1.07. The third kappa shape index (κ3) is 1.90. The van der Waals surface area contributed by atoms with Gasteiger partial charge in [0.05, 0.1) is 6.61 Å². The molecule has 0 saturated carbocycles. The van der Waals surface area contributed by atoms with Gasteiger partial charge in [-0.05, 0) is 20.3 Å². The number of nitrogens with zero attached hydrogens (tertiary/aromatic N) is 2. The van der Waals surface area contributed by atoms with Gasteiger partial charge in [-0.2, -0.15) is 9.61 Å². The fourth-order valence-electron chi connectivity index (χ4n) is 1.91. The van der Waals surface area contributed by atoms with Crippen LogP contribution < -0.4 is 5.56 Å². The molecule has 0 aliphatic carbocycles. The molecule has 0 spiro atoms. The van der Waals surface area contributed by atoms with Crippen LogP contribution in [0, 0.1) is 6.92 Å². The van der Waals surface area contributed by atoms with Crippen molar-refractivity contribution in [2.24, 2.45) is 0 Å². The van der Waals surface area contributed by atoms with E-state index in [2.05, 4.69) is 10.1 Å². The molecule has 0 amide bonds. The summed E-state index contributed by atoms with van der Waals surface area (Å²) in [6, 6.07) is 1.44. The largest absolute Gasteiger partial charge is 0.461 e. The molecular weight excluding hydrogens is 234 g/mol. The number of carbonyl (C=O) groups excluding carboxylic acids is 1. The van der Waals surface area contributed by atoms with E-state index in [0.717, 1.165) is 5.69 Å². The summed E-state index contributed by atoms with van der Waals surface area (Å²) in [7, 11) is 0. The topological polar surface area (TPSA) is 76.5 Å². The maximum Gasteiger partial charge on any atom is 0.359 e. The van der Waals surface area contributed by atoms with E-state index in [9.17, 15) is 9.59 Å². The first-order valence-electron chi connectivity index (χ1n) is 5.87. The van der Waals surface area contributed by atoms with E-state index in [0.29, 0.717) is 17.6 Å². The molecule has 2 heterocycles. The Labute approximate surface area is 104 Å². The highest BCUT2D eigenvalue weighted by atomic mass is 16.5. The van der Waals surface area contributed by atoms with Gasteiger partial charge in [-0.3, -0.25) is 4.79 Å². The Balaban J connectivity index is 2.72. The van der Waals surface area contributed by atoms with Gasteiger partial charge in [-0.15, -0.1) is 0 Å². The summed E-state index contributed by atoms with van der Waals surface area (Å²) in [4.78, 5) is 26.6. The number of aryl methyl sites for hydroxylation is 2. The van der Waals surface area contributed by atoms with Crippen molar-refractivity contribution in [3.05, 3.63) is 33.4 Å². The highest BCUT2D eigenvalue weighted by Crippen LogP contribution is 2.14. The van der Waals surface area contributed by atoms with Gasteiger partial charge in [-0.25, -0.2) is 4.79 Å². The fourth-order valence-corrected chi connectivity index (χ4v) is 1.91. The van der Waals surface area contributed by atoms with Crippen LogP contribution in [0.3, 0.4) is 0 Å². The van der Waals surface area contributed by atoms with Crippen LogP contribution in [0.25, 0.3) is 5.65 Å². The summed E-state index contributed by atoms with van der Waals surface area (Å²) < 4.78 is 6.15. The minimum Gasteiger partial charge on any atom is -0.461 e. The summed E-state index contributed by atoms with van der Waals surface area (Å²) in [5, 5.41) is 4.04. The Hall–Kier alpha value is -2.11. The van der Waals surface area contributed by atoms with Crippen molar-refractivity contribution < 1.29 is 9.53 Å². The van der Waals surface area contributed by atoms with Crippen LogP contribution in [0.5, 0.6) is 0 Å². The highest BCUT2D eigenvalue weighted by Gasteiger charge is 2.20. The van der Waals surface area contributed by atoms with Gasteiger partial charge in [0.25, 0.3) is 5.56 Å². The van der Waals surface area contributed by atoms with Crippen molar-refractivity contribution in [1.82, 2.24) is 14.6 Å². The number of ether oxygens (including phenoxy) is 1. The van der Waals surface area contributed by atoms with Crippen LogP contribution in [0.1, 0.15) is 35.6 Å².